The minimum Gasteiger partial charge on any atom is -0.497 e. The van der Waals surface area contributed by atoms with Crippen LogP contribution in [-0.4, -0.2) is 19.1 Å². The standard InChI is InChI=1S/C14H19NO2/c1-17-13-9-7-11(8-10-13)14(16)15-12-5-3-2-4-6-12/h7-10,12H,2-6H2,1H3,(H,15,16). The molecule has 1 saturated carbocycles. The van der Waals surface area contributed by atoms with Crippen LogP contribution in [0.25, 0.3) is 0 Å². The van der Waals surface area contributed by atoms with Crippen molar-refractivity contribution in [3.8, 4) is 5.75 Å². The summed E-state index contributed by atoms with van der Waals surface area (Å²) in [6, 6.07) is 7.60. The summed E-state index contributed by atoms with van der Waals surface area (Å²) in [7, 11) is 1.62. The van der Waals surface area contributed by atoms with Crippen molar-refractivity contribution in [3.05, 3.63) is 29.8 Å². The molecular weight excluding hydrogens is 214 g/mol. The van der Waals surface area contributed by atoms with E-state index in [1.54, 1.807) is 19.2 Å². The van der Waals surface area contributed by atoms with E-state index in [0.717, 1.165) is 18.6 Å². The summed E-state index contributed by atoms with van der Waals surface area (Å²) in [6.45, 7) is 0. The third kappa shape index (κ3) is 3.22. The average Bonchev–Trinajstić information content (AvgIpc) is 2.40. The average molecular weight is 233 g/mol. The molecule has 1 aliphatic carbocycles. The lowest BCUT2D eigenvalue weighted by Crippen LogP contribution is -2.36. The lowest BCUT2D eigenvalue weighted by Gasteiger charge is -2.22. The molecule has 0 aromatic heterocycles. The smallest absolute Gasteiger partial charge is 0.251 e. The summed E-state index contributed by atoms with van der Waals surface area (Å²) in [4.78, 5) is 12.0. The Balaban J connectivity index is 1.93. The van der Waals surface area contributed by atoms with Crippen LogP contribution in [0.1, 0.15) is 42.5 Å². The van der Waals surface area contributed by atoms with Gasteiger partial charge in [-0.1, -0.05) is 19.3 Å². The summed E-state index contributed by atoms with van der Waals surface area (Å²) in [5, 5.41) is 3.09. The molecular formula is C14H19NO2. The van der Waals surface area contributed by atoms with Crippen molar-refractivity contribution in [3.63, 3.8) is 0 Å². The first-order chi connectivity index (χ1) is 8.29. The zero-order valence-corrected chi connectivity index (χ0v) is 10.2. The maximum atomic E-state index is 12.0. The van der Waals surface area contributed by atoms with Crippen LogP contribution < -0.4 is 10.1 Å². The molecule has 3 nitrogen and oxygen atoms in total. The van der Waals surface area contributed by atoms with Crippen LogP contribution in [0.15, 0.2) is 24.3 Å². The highest BCUT2D eigenvalue weighted by molar-refractivity contribution is 5.94. The number of amides is 1. The molecule has 1 fully saturated rings. The summed E-state index contributed by atoms with van der Waals surface area (Å²) < 4.78 is 5.07. The predicted molar refractivity (Wildman–Crippen MR) is 67.3 cm³/mol. The van der Waals surface area contributed by atoms with Gasteiger partial charge in [0.05, 0.1) is 7.11 Å². The number of carbonyl (C=O) groups excluding carboxylic acids is 1. The molecule has 0 heterocycles. The number of nitrogens with one attached hydrogen (secondary N) is 1. The summed E-state index contributed by atoms with van der Waals surface area (Å²) >= 11 is 0. The summed E-state index contributed by atoms with van der Waals surface area (Å²) in [6.07, 6.45) is 5.99. The van der Waals surface area contributed by atoms with Gasteiger partial charge < -0.3 is 10.1 Å². The normalized spacial score (nSPS) is 16.5. The highest BCUT2D eigenvalue weighted by atomic mass is 16.5. The van der Waals surface area contributed by atoms with Gasteiger partial charge in [0.25, 0.3) is 5.91 Å². The Morgan fingerprint density at radius 1 is 1.18 bits per heavy atom. The maximum Gasteiger partial charge on any atom is 0.251 e. The molecule has 92 valence electrons. The first-order valence-corrected chi connectivity index (χ1v) is 6.24. The van der Waals surface area contributed by atoms with Gasteiger partial charge in [0.2, 0.25) is 0 Å². The van der Waals surface area contributed by atoms with Gasteiger partial charge >= 0.3 is 0 Å². The number of ether oxygens (including phenoxy) is 1. The second kappa shape index (κ2) is 5.71. The van der Waals surface area contributed by atoms with Gasteiger partial charge in [-0.25, -0.2) is 0 Å². The molecule has 1 N–H and O–H groups in total. The predicted octanol–water partition coefficient (Wildman–Crippen LogP) is 2.76. The second-order valence-corrected chi connectivity index (χ2v) is 4.54. The van der Waals surface area contributed by atoms with Gasteiger partial charge in [-0.15, -0.1) is 0 Å². The van der Waals surface area contributed by atoms with Crippen molar-refractivity contribution in [1.82, 2.24) is 5.32 Å². The van der Waals surface area contributed by atoms with Crippen LogP contribution in [0.4, 0.5) is 0 Å². The van der Waals surface area contributed by atoms with E-state index in [1.165, 1.54) is 19.3 Å². The molecule has 3 heteroatoms. The molecule has 0 spiro atoms. The number of methoxy groups -OCH3 is 1. The van der Waals surface area contributed by atoms with E-state index in [-0.39, 0.29) is 5.91 Å². The lowest BCUT2D eigenvalue weighted by atomic mass is 9.95. The number of carbonyl (C=O) groups is 1. The van der Waals surface area contributed by atoms with Gasteiger partial charge in [0, 0.05) is 11.6 Å². The Morgan fingerprint density at radius 3 is 2.41 bits per heavy atom. The van der Waals surface area contributed by atoms with E-state index in [9.17, 15) is 4.79 Å². The van der Waals surface area contributed by atoms with Crippen molar-refractivity contribution in [2.45, 2.75) is 38.1 Å². The summed E-state index contributed by atoms with van der Waals surface area (Å²) in [5.74, 6) is 0.804. The molecule has 1 aromatic carbocycles. The minimum atomic E-state index is 0.0274. The third-order valence-corrected chi connectivity index (χ3v) is 3.29. The second-order valence-electron chi connectivity index (χ2n) is 4.54. The first-order valence-electron chi connectivity index (χ1n) is 6.24. The third-order valence-electron chi connectivity index (χ3n) is 3.29. The molecule has 1 amide bonds. The Labute approximate surface area is 102 Å². The largest absolute Gasteiger partial charge is 0.497 e. The number of rotatable bonds is 3. The fraction of sp³-hybridized carbons (Fsp3) is 0.500. The number of hydrogen-bond acceptors (Lipinski definition) is 2. The van der Waals surface area contributed by atoms with E-state index in [2.05, 4.69) is 5.32 Å². The quantitative estimate of drug-likeness (QED) is 0.871. The topological polar surface area (TPSA) is 38.3 Å². The molecule has 0 radical (unpaired) electrons. The van der Waals surface area contributed by atoms with Crippen molar-refractivity contribution < 1.29 is 9.53 Å². The van der Waals surface area contributed by atoms with E-state index < -0.39 is 0 Å². The zero-order chi connectivity index (χ0) is 12.1. The Bertz CT molecular complexity index is 366. The molecule has 1 aliphatic rings. The molecule has 0 aliphatic heterocycles. The van der Waals surface area contributed by atoms with E-state index in [1.807, 2.05) is 12.1 Å². The van der Waals surface area contributed by atoms with Crippen LogP contribution in [0, 0.1) is 0 Å². The highest BCUT2D eigenvalue weighted by Gasteiger charge is 2.16. The molecule has 0 bridgehead atoms. The lowest BCUT2D eigenvalue weighted by molar-refractivity contribution is 0.0927. The van der Waals surface area contributed by atoms with Gasteiger partial charge in [0.15, 0.2) is 0 Å². The SMILES string of the molecule is COc1ccc(C(=O)NC2CCCCC2)cc1. The fourth-order valence-corrected chi connectivity index (χ4v) is 2.26. The van der Waals surface area contributed by atoms with Gasteiger partial charge in [-0.05, 0) is 37.1 Å². The van der Waals surface area contributed by atoms with Crippen molar-refractivity contribution in [2.24, 2.45) is 0 Å². The summed E-state index contributed by atoms with van der Waals surface area (Å²) in [5.41, 5.74) is 0.705. The van der Waals surface area contributed by atoms with E-state index >= 15 is 0 Å². The Kier molecular flexibility index (Phi) is 4.02. The Hall–Kier alpha value is -1.51. The first kappa shape index (κ1) is 12.0. The van der Waals surface area contributed by atoms with Crippen LogP contribution in [0.5, 0.6) is 5.75 Å². The highest BCUT2D eigenvalue weighted by Crippen LogP contribution is 2.18. The monoisotopic (exact) mass is 233 g/mol. The van der Waals surface area contributed by atoms with Crippen molar-refractivity contribution in [1.29, 1.82) is 0 Å². The van der Waals surface area contributed by atoms with Gasteiger partial charge in [-0.2, -0.15) is 0 Å². The van der Waals surface area contributed by atoms with Gasteiger partial charge in [-0.3, -0.25) is 4.79 Å². The molecule has 1 aromatic rings. The Morgan fingerprint density at radius 2 is 1.82 bits per heavy atom. The van der Waals surface area contributed by atoms with Crippen LogP contribution in [-0.2, 0) is 0 Å². The number of hydrogen-bond donors (Lipinski definition) is 1. The maximum absolute atomic E-state index is 12.0. The fourth-order valence-electron chi connectivity index (χ4n) is 2.26. The molecule has 0 unspecified atom stereocenters. The minimum absolute atomic E-state index is 0.0274. The van der Waals surface area contributed by atoms with E-state index in [4.69, 9.17) is 4.74 Å². The van der Waals surface area contributed by atoms with Crippen LogP contribution in [0.2, 0.25) is 0 Å². The molecule has 0 saturated heterocycles. The van der Waals surface area contributed by atoms with E-state index in [0.29, 0.717) is 11.6 Å². The van der Waals surface area contributed by atoms with Crippen molar-refractivity contribution >= 4 is 5.91 Å². The molecule has 2 rings (SSSR count). The molecule has 0 atom stereocenters. The van der Waals surface area contributed by atoms with Crippen LogP contribution in [0.3, 0.4) is 0 Å². The van der Waals surface area contributed by atoms with Gasteiger partial charge in [0.1, 0.15) is 5.75 Å². The molecule has 17 heavy (non-hydrogen) atoms. The number of benzene rings is 1. The van der Waals surface area contributed by atoms with Crippen molar-refractivity contribution in [2.75, 3.05) is 7.11 Å². The van der Waals surface area contributed by atoms with Crippen LogP contribution >= 0.6 is 0 Å². The zero-order valence-electron chi connectivity index (χ0n) is 10.2.